The highest BCUT2D eigenvalue weighted by molar-refractivity contribution is 6.77. The van der Waals surface area contributed by atoms with E-state index in [1.807, 2.05) is 24.8 Å². The molecule has 0 saturated carbocycles. The molecular weight excluding hydrogens is 833 g/mol. The molecule has 0 N–H and O–H groups in total. The summed E-state index contributed by atoms with van der Waals surface area (Å²) in [6.07, 6.45) is 34.3. The molecule has 360 valence electrons. The zero-order valence-electron chi connectivity index (χ0n) is 42.6. The Labute approximate surface area is 399 Å². The summed E-state index contributed by atoms with van der Waals surface area (Å²) in [6, 6.07) is 19.8. The Hall–Kier alpha value is -3.57. The Bertz CT molecular complexity index is 1730. The van der Waals surface area contributed by atoms with Crippen LogP contribution < -0.4 is 14.2 Å². The molecule has 4 aromatic rings. The van der Waals surface area contributed by atoms with E-state index in [-0.39, 0.29) is 0 Å². The Balaban J connectivity index is 1.51. The lowest BCUT2D eigenvalue weighted by atomic mass is 9.99. The van der Waals surface area contributed by atoms with E-state index in [9.17, 15) is 0 Å². The fourth-order valence-electron chi connectivity index (χ4n) is 8.30. The van der Waals surface area contributed by atoms with Crippen LogP contribution in [-0.4, -0.2) is 49.3 Å². The van der Waals surface area contributed by atoms with Gasteiger partial charge in [0.1, 0.15) is 11.5 Å². The average molecular weight is 924 g/mol. The first-order valence-electron chi connectivity index (χ1n) is 26.4. The standard InChI is InChI=1S/C56H90N4O3Si2/c1-9-13-15-17-21-27-37-61-55-57-43-51(44-58-55)47-33-35-53(49(41-47)31-25-19-23-29-39-64(5,6)11-3)63-54-36-34-48(42-50(54)32-26-20-24-30-40-65(7,8)12-4)52-45-59-56(60-46-52)62-38-28-22-18-16-14-10-2/h33-36,41-46H,9-32,37-40H2,1-8H3. The van der Waals surface area contributed by atoms with Gasteiger partial charge in [-0.1, -0.05) is 193 Å². The molecule has 0 atom stereocenters. The van der Waals surface area contributed by atoms with Crippen molar-refractivity contribution < 1.29 is 14.2 Å². The maximum absolute atomic E-state index is 7.02. The highest BCUT2D eigenvalue weighted by Crippen LogP contribution is 2.36. The highest BCUT2D eigenvalue weighted by Gasteiger charge is 2.18. The van der Waals surface area contributed by atoms with Crippen LogP contribution >= 0.6 is 0 Å². The average Bonchev–Trinajstić information content (AvgIpc) is 3.32. The molecule has 0 aliphatic heterocycles. The lowest BCUT2D eigenvalue weighted by Gasteiger charge is -2.20. The van der Waals surface area contributed by atoms with E-state index < -0.39 is 16.1 Å². The molecule has 0 bridgehead atoms. The quantitative estimate of drug-likeness (QED) is 0.0332. The molecule has 2 aromatic carbocycles. The molecule has 0 spiro atoms. The zero-order chi connectivity index (χ0) is 46.6. The summed E-state index contributed by atoms with van der Waals surface area (Å²) in [7, 11) is -2.08. The van der Waals surface area contributed by atoms with Gasteiger partial charge < -0.3 is 14.2 Å². The molecular formula is C56H90N4O3Si2. The zero-order valence-corrected chi connectivity index (χ0v) is 44.6. The molecule has 7 nitrogen and oxygen atoms in total. The summed E-state index contributed by atoms with van der Waals surface area (Å²) in [6.45, 7) is 20.7. The van der Waals surface area contributed by atoms with E-state index in [1.54, 1.807) is 0 Å². The predicted molar refractivity (Wildman–Crippen MR) is 283 cm³/mol. The van der Waals surface area contributed by atoms with Crippen molar-refractivity contribution in [3.05, 3.63) is 72.3 Å². The summed E-state index contributed by atoms with van der Waals surface area (Å²) >= 11 is 0. The molecule has 65 heavy (non-hydrogen) atoms. The predicted octanol–water partition coefficient (Wildman–Crippen LogP) is 17.5. The van der Waals surface area contributed by atoms with Crippen molar-refractivity contribution in [3.8, 4) is 45.8 Å². The van der Waals surface area contributed by atoms with E-state index in [4.69, 9.17) is 14.2 Å². The van der Waals surface area contributed by atoms with Gasteiger partial charge in [0, 0.05) is 52.1 Å². The summed E-state index contributed by atoms with van der Waals surface area (Å²) in [5.74, 6) is 1.87. The fourth-order valence-corrected chi connectivity index (χ4v) is 11.4. The number of hydrogen-bond donors (Lipinski definition) is 0. The monoisotopic (exact) mass is 923 g/mol. The van der Waals surface area contributed by atoms with Crippen LogP contribution in [-0.2, 0) is 12.8 Å². The lowest BCUT2D eigenvalue weighted by Crippen LogP contribution is -2.22. The first-order valence-corrected chi connectivity index (χ1v) is 33.2. The van der Waals surface area contributed by atoms with Crippen molar-refractivity contribution in [2.24, 2.45) is 0 Å². The number of ether oxygens (including phenoxy) is 3. The first kappa shape index (κ1) is 54.0. The van der Waals surface area contributed by atoms with Crippen molar-refractivity contribution in [2.75, 3.05) is 13.2 Å². The van der Waals surface area contributed by atoms with Gasteiger partial charge in [-0.05, 0) is 85.0 Å². The van der Waals surface area contributed by atoms with Crippen LogP contribution in [0.25, 0.3) is 22.3 Å². The van der Waals surface area contributed by atoms with Crippen molar-refractivity contribution in [2.45, 2.75) is 219 Å². The van der Waals surface area contributed by atoms with Gasteiger partial charge >= 0.3 is 12.0 Å². The maximum atomic E-state index is 7.02. The Kier molecular flexibility index (Phi) is 25.5. The number of aromatic nitrogens is 4. The van der Waals surface area contributed by atoms with Gasteiger partial charge in [-0.25, -0.2) is 19.9 Å². The minimum Gasteiger partial charge on any atom is -0.463 e. The van der Waals surface area contributed by atoms with E-state index in [0.29, 0.717) is 25.2 Å². The third-order valence-electron chi connectivity index (χ3n) is 13.7. The summed E-state index contributed by atoms with van der Waals surface area (Å²) < 4.78 is 18.9. The molecule has 0 saturated heterocycles. The second-order valence-corrected chi connectivity index (χ2v) is 31.4. The molecule has 9 heteroatoms. The number of nitrogens with zero attached hydrogens (tertiary/aromatic N) is 4. The second-order valence-electron chi connectivity index (χ2n) is 20.4. The van der Waals surface area contributed by atoms with Gasteiger partial charge in [0.15, 0.2) is 0 Å². The van der Waals surface area contributed by atoms with Gasteiger partial charge in [-0.3, -0.25) is 0 Å². The van der Waals surface area contributed by atoms with Crippen molar-refractivity contribution in [1.82, 2.24) is 19.9 Å². The number of rotatable bonds is 36. The smallest absolute Gasteiger partial charge is 0.316 e. The maximum Gasteiger partial charge on any atom is 0.316 e. The third-order valence-corrected chi connectivity index (χ3v) is 21.0. The Morgan fingerprint density at radius 2 is 0.754 bits per heavy atom. The topological polar surface area (TPSA) is 79.2 Å². The van der Waals surface area contributed by atoms with Gasteiger partial charge in [0.2, 0.25) is 0 Å². The van der Waals surface area contributed by atoms with Gasteiger partial charge in [0.25, 0.3) is 0 Å². The van der Waals surface area contributed by atoms with Crippen LogP contribution in [0.5, 0.6) is 23.5 Å². The molecule has 0 aliphatic carbocycles. The van der Waals surface area contributed by atoms with E-state index >= 15 is 0 Å². The molecule has 0 radical (unpaired) electrons. The van der Waals surface area contributed by atoms with Crippen LogP contribution in [0.4, 0.5) is 0 Å². The molecule has 0 fully saturated rings. The normalized spacial score (nSPS) is 11.9. The van der Waals surface area contributed by atoms with Crippen molar-refractivity contribution in [1.29, 1.82) is 0 Å². The largest absolute Gasteiger partial charge is 0.463 e. The minimum atomic E-state index is -1.04. The Morgan fingerprint density at radius 1 is 0.400 bits per heavy atom. The van der Waals surface area contributed by atoms with Crippen LogP contribution in [0, 0.1) is 0 Å². The van der Waals surface area contributed by atoms with E-state index in [0.717, 1.165) is 72.3 Å². The summed E-state index contributed by atoms with van der Waals surface area (Å²) in [5.41, 5.74) is 6.67. The highest BCUT2D eigenvalue weighted by atomic mass is 28.3. The second kappa shape index (κ2) is 30.7. The summed E-state index contributed by atoms with van der Waals surface area (Å²) in [4.78, 5) is 18.4. The van der Waals surface area contributed by atoms with Crippen LogP contribution in [0.3, 0.4) is 0 Å². The summed E-state index contributed by atoms with van der Waals surface area (Å²) in [5, 5.41) is 0. The Morgan fingerprint density at radius 3 is 1.14 bits per heavy atom. The lowest BCUT2D eigenvalue weighted by molar-refractivity contribution is 0.281. The van der Waals surface area contributed by atoms with E-state index in [2.05, 4.69) is 110 Å². The SMILES string of the molecule is CCCCCCCCOc1ncc(-c2ccc(Oc3ccc(-c4cnc(OCCCCCCCC)nc4)cc3CCCCCC[Si](C)(C)CC)c(CCCCCC[Si](C)(C)CC)c2)cn1. The van der Waals surface area contributed by atoms with Gasteiger partial charge in [0.05, 0.1) is 13.2 Å². The van der Waals surface area contributed by atoms with Crippen LogP contribution in [0.1, 0.15) is 167 Å². The number of aryl methyl sites for hydroxylation is 2. The molecule has 0 aliphatic rings. The molecule has 0 amide bonds. The number of benzene rings is 2. The first-order chi connectivity index (χ1) is 31.6. The van der Waals surface area contributed by atoms with Crippen LogP contribution in [0.2, 0.25) is 50.4 Å². The van der Waals surface area contributed by atoms with Gasteiger partial charge in [-0.15, -0.1) is 0 Å². The molecule has 2 aromatic heterocycles. The van der Waals surface area contributed by atoms with Crippen molar-refractivity contribution >= 4 is 16.1 Å². The molecule has 4 rings (SSSR count). The number of unbranched alkanes of at least 4 members (excludes halogenated alkanes) is 16. The molecule has 2 heterocycles. The van der Waals surface area contributed by atoms with Crippen molar-refractivity contribution in [3.63, 3.8) is 0 Å². The van der Waals surface area contributed by atoms with Gasteiger partial charge in [-0.2, -0.15) is 0 Å². The van der Waals surface area contributed by atoms with Crippen LogP contribution in [0.15, 0.2) is 61.2 Å². The fraction of sp³-hybridized carbons (Fsp3) is 0.643. The van der Waals surface area contributed by atoms with E-state index in [1.165, 1.54) is 138 Å². The third kappa shape index (κ3) is 21.3. The molecule has 0 unspecified atom stereocenters. The minimum absolute atomic E-state index is 0.457. The number of hydrogen-bond acceptors (Lipinski definition) is 7.